The van der Waals surface area contributed by atoms with Gasteiger partial charge < -0.3 is 14.2 Å². The number of piperazine rings is 1. The van der Waals surface area contributed by atoms with Gasteiger partial charge in [-0.2, -0.15) is 5.26 Å². The number of thiocarbonyl (C=S) groups is 1. The summed E-state index contributed by atoms with van der Waals surface area (Å²) in [6.45, 7) is 5.23. The van der Waals surface area contributed by atoms with Crippen LogP contribution >= 0.6 is 24.0 Å². The molecule has 0 N–H and O–H groups in total. The van der Waals surface area contributed by atoms with Crippen LogP contribution < -0.4 is 10.5 Å². The lowest BCUT2D eigenvalue weighted by Crippen LogP contribution is -2.46. The van der Waals surface area contributed by atoms with E-state index in [-0.39, 0.29) is 23.6 Å². The first-order valence-corrected chi connectivity index (χ1v) is 11.4. The normalized spacial score (nSPS) is 18.6. The molecule has 2 aromatic rings. The topological polar surface area (TPSA) is 85.7 Å². The monoisotopic (exact) mass is 469 g/mol. The second-order valence-corrected chi connectivity index (χ2v) is 9.53. The summed E-state index contributed by atoms with van der Waals surface area (Å²) in [6.07, 6.45) is 3.33. The van der Waals surface area contributed by atoms with Crippen molar-refractivity contribution in [2.75, 3.05) is 38.1 Å². The van der Waals surface area contributed by atoms with Crippen LogP contribution in [0.3, 0.4) is 0 Å². The molecule has 4 rings (SSSR count). The summed E-state index contributed by atoms with van der Waals surface area (Å²) in [5, 5.41) is 9.61. The van der Waals surface area contributed by atoms with E-state index in [4.69, 9.17) is 16.6 Å². The van der Waals surface area contributed by atoms with E-state index < -0.39 is 0 Å². The van der Waals surface area contributed by atoms with Crippen molar-refractivity contribution in [3.63, 3.8) is 0 Å². The number of likely N-dealkylation sites (N-methyl/N-ethyl adjacent to an activating group) is 1. The van der Waals surface area contributed by atoms with Crippen LogP contribution in [0.5, 0.6) is 0 Å². The Balaban J connectivity index is 1.79. The molecule has 1 amide bonds. The zero-order chi connectivity index (χ0) is 23.0. The van der Waals surface area contributed by atoms with Crippen molar-refractivity contribution in [3.05, 3.63) is 56.1 Å². The number of hydrogen-bond donors (Lipinski definition) is 0. The van der Waals surface area contributed by atoms with Crippen LogP contribution in [0.2, 0.25) is 0 Å². The van der Waals surface area contributed by atoms with Gasteiger partial charge in [0.15, 0.2) is 0 Å². The zero-order valence-electron chi connectivity index (χ0n) is 18.1. The Kier molecular flexibility index (Phi) is 6.24. The van der Waals surface area contributed by atoms with Crippen LogP contribution in [0.15, 0.2) is 32.5 Å². The number of anilines is 1. The average Bonchev–Trinajstić information content (AvgIpc) is 3.38. The van der Waals surface area contributed by atoms with Crippen LogP contribution in [0.1, 0.15) is 22.5 Å². The number of rotatable bonds is 4. The Bertz CT molecular complexity index is 1200. The minimum Gasteiger partial charge on any atom is -0.467 e. The number of nitriles is 1. The highest BCUT2D eigenvalue weighted by molar-refractivity contribution is 8.26. The van der Waals surface area contributed by atoms with Crippen LogP contribution in [-0.2, 0) is 18.4 Å². The predicted octanol–water partition coefficient (Wildman–Crippen LogP) is 2.31. The fraction of sp³-hybridized carbons (Fsp3) is 0.364. The van der Waals surface area contributed by atoms with E-state index in [2.05, 4.69) is 16.8 Å². The highest BCUT2D eigenvalue weighted by atomic mass is 32.2. The number of aromatic nitrogens is 1. The number of pyridine rings is 1. The highest BCUT2D eigenvalue weighted by Crippen LogP contribution is 2.36. The molecule has 0 saturated carbocycles. The Morgan fingerprint density at radius 2 is 1.97 bits per heavy atom. The number of nitrogens with zero attached hydrogens (tertiary/aromatic N) is 5. The molecule has 0 spiro atoms. The Morgan fingerprint density at radius 3 is 2.59 bits per heavy atom. The predicted molar refractivity (Wildman–Crippen MR) is 128 cm³/mol. The van der Waals surface area contributed by atoms with Crippen LogP contribution in [0, 0.1) is 18.3 Å². The van der Waals surface area contributed by atoms with Gasteiger partial charge in [-0.25, -0.2) is 0 Å². The molecule has 0 bridgehead atoms. The lowest BCUT2D eigenvalue weighted by Gasteiger charge is -2.36. The van der Waals surface area contributed by atoms with E-state index in [0.29, 0.717) is 26.1 Å². The molecule has 0 aromatic carbocycles. The molecule has 2 saturated heterocycles. The molecule has 0 atom stereocenters. The smallest absolute Gasteiger partial charge is 0.270 e. The third-order valence-corrected chi connectivity index (χ3v) is 7.19. The molecule has 2 aliphatic rings. The van der Waals surface area contributed by atoms with Gasteiger partial charge in [0.1, 0.15) is 27.5 Å². The second-order valence-electron chi connectivity index (χ2n) is 7.85. The van der Waals surface area contributed by atoms with Crippen LogP contribution in [0.25, 0.3) is 6.08 Å². The number of thioether (sulfide) groups is 1. The number of hydrogen-bond acceptors (Lipinski definition) is 8. The fourth-order valence-electron chi connectivity index (χ4n) is 3.94. The van der Waals surface area contributed by atoms with E-state index in [1.54, 1.807) is 38.4 Å². The largest absolute Gasteiger partial charge is 0.467 e. The van der Waals surface area contributed by atoms with Gasteiger partial charge >= 0.3 is 0 Å². The second kappa shape index (κ2) is 8.94. The molecule has 2 fully saturated rings. The Hall–Kier alpha value is -2.87. The van der Waals surface area contributed by atoms with E-state index in [1.807, 2.05) is 6.07 Å². The van der Waals surface area contributed by atoms with Crippen molar-refractivity contribution in [3.8, 4) is 6.07 Å². The standard InChI is InChI=1S/C22H23N5O3S2/c1-14-16(11-18-21(29)27(22(31)32-18)13-15-5-4-10-30-15)19(25(3)20(28)17(14)12-23)26-8-6-24(2)7-9-26/h4-5,10-11H,6-9,13H2,1-3H3. The van der Waals surface area contributed by atoms with Crippen molar-refractivity contribution in [1.82, 2.24) is 14.4 Å². The van der Waals surface area contributed by atoms with Crippen LogP contribution in [-0.4, -0.2) is 57.8 Å². The van der Waals surface area contributed by atoms with Crippen molar-refractivity contribution in [1.29, 1.82) is 5.26 Å². The number of amides is 1. The van der Waals surface area contributed by atoms with Crippen molar-refractivity contribution in [2.24, 2.45) is 7.05 Å². The molecule has 2 aliphatic heterocycles. The SMILES string of the molecule is Cc1c(C=C2SC(=S)N(Cc3ccco3)C2=O)c(N2CCN(C)CC2)n(C)c(=O)c1C#N. The van der Waals surface area contributed by atoms with Gasteiger partial charge in [-0.05, 0) is 37.7 Å². The molecule has 2 aromatic heterocycles. The summed E-state index contributed by atoms with van der Waals surface area (Å²) in [7, 11) is 3.74. The zero-order valence-corrected chi connectivity index (χ0v) is 19.8. The van der Waals surface area contributed by atoms with E-state index in [9.17, 15) is 14.9 Å². The van der Waals surface area contributed by atoms with Gasteiger partial charge in [-0.15, -0.1) is 0 Å². The molecule has 166 valence electrons. The fourth-order valence-corrected chi connectivity index (χ4v) is 5.18. The van der Waals surface area contributed by atoms with Gasteiger partial charge in [0.2, 0.25) is 0 Å². The number of furan rings is 1. The third-order valence-electron chi connectivity index (χ3n) is 5.81. The minimum atomic E-state index is -0.332. The maximum Gasteiger partial charge on any atom is 0.270 e. The molecule has 4 heterocycles. The molecule has 10 heteroatoms. The van der Waals surface area contributed by atoms with Gasteiger partial charge in [0.25, 0.3) is 11.5 Å². The maximum absolute atomic E-state index is 13.1. The minimum absolute atomic E-state index is 0.0858. The number of carbonyl (C=O) groups is 1. The highest BCUT2D eigenvalue weighted by Gasteiger charge is 2.34. The summed E-state index contributed by atoms with van der Waals surface area (Å²) in [4.78, 5) is 32.3. The Morgan fingerprint density at radius 1 is 1.25 bits per heavy atom. The number of carbonyl (C=O) groups excluding carboxylic acids is 1. The molecule has 0 aliphatic carbocycles. The molecule has 32 heavy (non-hydrogen) atoms. The van der Waals surface area contributed by atoms with Crippen molar-refractivity contribution < 1.29 is 9.21 Å². The van der Waals surface area contributed by atoms with Crippen molar-refractivity contribution in [2.45, 2.75) is 13.5 Å². The lowest BCUT2D eigenvalue weighted by molar-refractivity contribution is -0.122. The van der Waals surface area contributed by atoms with Gasteiger partial charge in [-0.1, -0.05) is 24.0 Å². The quantitative estimate of drug-likeness (QED) is 0.498. The van der Waals surface area contributed by atoms with Crippen molar-refractivity contribution >= 4 is 46.1 Å². The first-order chi connectivity index (χ1) is 15.3. The van der Waals surface area contributed by atoms with E-state index in [0.717, 1.165) is 32.0 Å². The maximum atomic E-state index is 13.1. The summed E-state index contributed by atoms with van der Waals surface area (Å²) in [6, 6.07) is 5.60. The summed E-state index contributed by atoms with van der Waals surface area (Å²) in [5.74, 6) is 1.15. The molecule has 0 radical (unpaired) electrons. The van der Waals surface area contributed by atoms with E-state index in [1.165, 1.54) is 21.2 Å². The Labute approximate surface area is 195 Å². The van der Waals surface area contributed by atoms with Gasteiger partial charge in [-0.3, -0.25) is 19.1 Å². The van der Waals surface area contributed by atoms with Crippen LogP contribution in [0.4, 0.5) is 5.82 Å². The summed E-state index contributed by atoms with van der Waals surface area (Å²) >= 11 is 6.66. The summed E-state index contributed by atoms with van der Waals surface area (Å²) in [5.41, 5.74) is 1.02. The van der Waals surface area contributed by atoms with Gasteiger partial charge in [0, 0.05) is 38.8 Å². The molecule has 0 unspecified atom stereocenters. The average molecular weight is 470 g/mol. The third kappa shape index (κ3) is 3.99. The first kappa shape index (κ1) is 22.3. The van der Waals surface area contributed by atoms with E-state index >= 15 is 0 Å². The van der Waals surface area contributed by atoms with Gasteiger partial charge in [0.05, 0.1) is 17.7 Å². The summed E-state index contributed by atoms with van der Waals surface area (Å²) < 4.78 is 7.33. The molecule has 8 nitrogen and oxygen atoms in total. The lowest BCUT2D eigenvalue weighted by atomic mass is 10.0. The molecular weight excluding hydrogens is 446 g/mol. The first-order valence-electron chi connectivity index (χ1n) is 10.2. The molecular formula is C22H23N5O3S2.